The van der Waals surface area contributed by atoms with E-state index in [-0.39, 0.29) is 5.92 Å². The second-order valence-electron chi connectivity index (χ2n) is 3.60. The number of rotatable bonds is 3. The van der Waals surface area contributed by atoms with Gasteiger partial charge in [0.2, 0.25) is 0 Å². The number of carbonyl (C=O) groups is 1. The maximum atomic E-state index is 11.4. The van der Waals surface area contributed by atoms with Crippen molar-refractivity contribution in [3.8, 4) is 0 Å². The van der Waals surface area contributed by atoms with Crippen LogP contribution < -0.4 is 0 Å². The number of alkyl halides is 1. The summed E-state index contributed by atoms with van der Waals surface area (Å²) in [6.07, 6.45) is 0.992. The van der Waals surface area contributed by atoms with Crippen molar-refractivity contribution in [2.45, 2.75) is 12.3 Å². The molecule has 0 spiro atoms. The van der Waals surface area contributed by atoms with Crippen molar-refractivity contribution < 1.29 is 4.79 Å². The van der Waals surface area contributed by atoms with Gasteiger partial charge < -0.3 is 0 Å². The number of ketones is 1. The molecule has 0 N–H and O–H groups in total. The van der Waals surface area contributed by atoms with Gasteiger partial charge in [0.15, 0.2) is 0 Å². The molecule has 0 unspecified atom stereocenters. The van der Waals surface area contributed by atoms with Crippen LogP contribution in [0.5, 0.6) is 0 Å². The fourth-order valence-corrected chi connectivity index (χ4v) is 2.27. The van der Waals surface area contributed by atoms with E-state index in [1.165, 1.54) is 5.56 Å². The van der Waals surface area contributed by atoms with Gasteiger partial charge in [-0.2, -0.15) is 0 Å². The molecule has 2 rings (SSSR count). The number of halogens is 2. The van der Waals surface area contributed by atoms with Crippen LogP contribution in [0.4, 0.5) is 0 Å². The van der Waals surface area contributed by atoms with Crippen molar-refractivity contribution in [3.63, 3.8) is 0 Å². The number of hydrogen-bond donors (Lipinski definition) is 0. The third-order valence-corrected chi connectivity index (χ3v) is 3.44. The lowest BCUT2D eigenvalue weighted by Crippen LogP contribution is -2.02. The molecule has 0 heterocycles. The van der Waals surface area contributed by atoms with E-state index in [9.17, 15) is 4.79 Å². The van der Waals surface area contributed by atoms with Gasteiger partial charge in [0.25, 0.3) is 0 Å². The van der Waals surface area contributed by atoms with Crippen LogP contribution in [-0.4, -0.2) is 11.1 Å². The van der Waals surface area contributed by atoms with Crippen LogP contribution >= 0.6 is 27.5 Å². The molecule has 0 saturated heterocycles. The molecule has 1 aromatic rings. The molecule has 14 heavy (non-hydrogen) atoms. The molecule has 0 amide bonds. The van der Waals surface area contributed by atoms with Crippen LogP contribution in [-0.2, 0) is 4.79 Å². The minimum Gasteiger partial charge on any atom is -0.298 e. The van der Waals surface area contributed by atoms with Crippen molar-refractivity contribution in [1.82, 2.24) is 0 Å². The highest BCUT2D eigenvalue weighted by molar-refractivity contribution is 9.09. The summed E-state index contributed by atoms with van der Waals surface area (Å²) in [5.74, 6) is 0.970. The Morgan fingerprint density at radius 3 is 2.64 bits per heavy atom. The van der Waals surface area contributed by atoms with E-state index in [0.717, 1.165) is 11.4 Å². The van der Waals surface area contributed by atoms with Gasteiger partial charge in [0.05, 0.1) is 5.33 Å². The van der Waals surface area contributed by atoms with E-state index >= 15 is 0 Å². The zero-order valence-corrected chi connectivity index (χ0v) is 9.88. The minimum atomic E-state index is 0.232. The summed E-state index contributed by atoms with van der Waals surface area (Å²) < 4.78 is 0. The van der Waals surface area contributed by atoms with Gasteiger partial charge in [-0.25, -0.2) is 0 Å². The van der Waals surface area contributed by atoms with Crippen LogP contribution in [0.2, 0.25) is 5.02 Å². The Balaban J connectivity index is 2.06. The summed E-state index contributed by atoms with van der Waals surface area (Å²) in [4.78, 5) is 11.4. The van der Waals surface area contributed by atoms with Gasteiger partial charge in [0.1, 0.15) is 5.78 Å². The van der Waals surface area contributed by atoms with Crippen molar-refractivity contribution >= 4 is 33.3 Å². The summed E-state index contributed by atoms with van der Waals surface area (Å²) in [6, 6.07) is 7.78. The molecule has 0 aromatic heterocycles. The maximum Gasteiger partial charge on any atom is 0.147 e. The van der Waals surface area contributed by atoms with Gasteiger partial charge in [-0.15, -0.1) is 0 Å². The first-order valence-electron chi connectivity index (χ1n) is 4.56. The summed E-state index contributed by atoms with van der Waals surface area (Å²) in [6.45, 7) is 0. The predicted octanol–water partition coefficient (Wildman–Crippen LogP) is 3.41. The highest BCUT2D eigenvalue weighted by atomic mass is 79.9. The molecule has 1 nitrogen and oxygen atoms in total. The van der Waals surface area contributed by atoms with Crippen LogP contribution in [0.25, 0.3) is 0 Å². The third kappa shape index (κ3) is 2.01. The lowest BCUT2D eigenvalue weighted by molar-refractivity contribution is -0.117. The van der Waals surface area contributed by atoms with E-state index in [1.807, 2.05) is 24.3 Å². The fraction of sp³-hybridized carbons (Fsp3) is 0.364. The van der Waals surface area contributed by atoms with E-state index in [2.05, 4.69) is 15.9 Å². The van der Waals surface area contributed by atoms with Crippen LogP contribution in [0.3, 0.4) is 0 Å². The largest absolute Gasteiger partial charge is 0.298 e. The molecule has 1 fully saturated rings. The lowest BCUT2D eigenvalue weighted by atomic mass is 10.1. The molecule has 1 saturated carbocycles. The highest BCUT2D eigenvalue weighted by Crippen LogP contribution is 2.48. The monoisotopic (exact) mass is 272 g/mol. The Hall–Kier alpha value is -0.340. The molecular formula is C11H10BrClO. The number of carbonyl (C=O) groups excluding carboxylic acids is 1. The molecule has 0 bridgehead atoms. The van der Waals surface area contributed by atoms with Crippen LogP contribution in [0.15, 0.2) is 24.3 Å². The predicted molar refractivity (Wildman–Crippen MR) is 61.1 cm³/mol. The normalized spacial score (nSPS) is 24.7. The SMILES string of the molecule is O=C(CBr)[C@H]1C[C@@H]1c1ccc(Cl)cc1. The molecule has 2 atom stereocenters. The van der Waals surface area contributed by atoms with Gasteiger partial charge in [-0.1, -0.05) is 39.7 Å². The Bertz CT molecular complexity index is 347. The Morgan fingerprint density at radius 1 is 1.43 bits per heavy atom. The Labute approximate surface area is 96.6 Å². The maximum absolute atomic E-state index is 11.4. The molecule has 0 aliphatic heterocycles. The average Bonchev–Trinajstić information content (AvgIpc) is 2.98. The van der Waals surface area contributed by atoms with Crippen LogP contribution in [0.1, 0.15) is 17.9 Å². The number of hydrogen-bond acceptors (Lipinski definition) is 1. The summed E-state index contributed by atoms with van der Waals surface area (Å²) in [5.41, 5.74) is 1.23. The van der Waals surface area contributed by atoms with E-state index in [1.54, 1.807) is 0 Å². The quantitative estimate of drug-likeness (QED) is 0.771. The Morgan fingerprint density at radius 2 is 2.07 bits per heavy atom. The summed E-state index contributed by atoms with van der Waals surface area (Å²) in [5, 5.41) is 1.22. The zero-order valence-electron chi connectivity index (χ0n) is 7.54. The molecule has 0 radical (unpaired) electrons. The standard InChI is InChI=1S/C11H10BrClO/c12-6-11(14)10-5-9(10)7-1-3-8(13)4-2-7/h1-4,9-10H,5-6H2/t9-,10+/m1/s1. The van der Waals surface area contributed by atoms with E-state index < -0.39 is 0 Å². The summed E-state index contributed by atoms with van der Waals surface area (Å²) in [7, 11) is 0. The van der Waals surface area contributed by atoms with Crippen molar-refractivity contribution in [2.24, 2.45) is 5.92 Å². The second-order valence-corrected chi connectivity index (χ2v) is 4.60. The van der Waals surface area contributed by atoms with Gasteiger partial charge in [0, 0.05) is 10.9 Å². The smallest absolute Gasteiger partial charge is 0.147 e. The summed E-state index contributed by atoms with van der Waals surface area (Å²) >= 11 is 8.98. The van der Waals surface area contributed by atoms with Crippen molar-refractivity contribution in [1.29, 1.82) is 0 Å². The average molecular weight is 274 g/mol. The van der Waals surface area contributed by atoms with E-state index in [4.69, 9.17) is 11.6 Å². The second kappa shape index (κ2) is 4.03. The molecule has 74 valence electrons. The van der Waals surface area contributed by atoms with Gasteiger partial charge in [-0.3, -0.25) is 4.79 Å². The first-order valence-corrected chi connectivity index (χ1v) is 6.06. The number of benzene rings is 1. The van der Waals surface area contributed by atoms with Crippen LogP contribution in [0, 0.1) is 5.92 Å². The molecule has 1 aliphatic carbocycles. The lowest BCUT2D eigenvalue weighted by Gasteiger charge is -1.98. The number of Topliss-reactive ketones (excluding diaryl/α,β-unsaturated/α-hetero) is 1. The van der Waals surface area contributed by atoms with Gasteiger partial charge in [-0.05, 0) is 30.0 Å². The van der Waals surface area contributed by atoms with Crippen molar-refractivity contribution in [3.05, 3.63) is 34.9 Å². The van der Waals surface area contributed by atoms with E-state index in [0.29, 0.717) is 17.0 Å². The fourth-order valence-electron chi connectivity index (χ4n) is 1.73. The zero-order chi connectivity index (χ0) is 10.1. The van der Waals surface area contributed by atoms with Gasteiger partial charge >= 0.3 is 0 Å². The first kappa shape index (κ1) is 10.2. The third-order valence-electron chi connectivity index (χ3n) is 2.63. The minimum absolute atomic E-state index is 0.232. The molecular weight excluding hydrogens is 263 g/mol. The topological polar surface area (TPSA) is 17.1 Å². The molecule has 1 aromatic carbocycles. The highest BCUT2D eigenvalue weighted by Gasteiger charge is 2.42. The first-order chi connectivity index (χ1) is 6.72. The van der Waals surface area contributed by atoms with Crippen molar-refractivity contribution in [2.75, 3.05) is 5.33 Å². The molecule has 3 heteroatoms. The Kier molecular flexibility index (Phi) is 2.93. The molecule has 1 aliphatic rings.